The average Bonchev–Trinajstić information content (AvgIpc) is 2.89. The maximum absolute atomic E-state index is 12.6. The van der Waals surface area contributed by atoms with E-state index in [0.717, 1.165) is 32.1 Å². The molecule has 1 aromatic rings. The standard InChI is InChI=1S/C16H24N2O/c1-13-6-4-7-14(12-13)16(8-2-3-9-16)15(19)18-11-5-10-17/h4,6-7,12H,2-3,5,8-11,17H2,1H3,(H,18,19). The molecule has 0 spiro atoms. The highest BCUT2D eigenvalue weighted by molar-refractivity contribution is 5.88. The van der Waals surface area contributed by atoms with Crippen molar-refractivity contribution in [1.82, 2.24) is 5.32 Å². The van der Waals surface area contributed by atoms with E-state index in [0.29, 0.717) is 13.1 Å². The highest BCUT2D eigenvalue weighted by Crippen LogP contribution is 2.41. The summed E-state index contributed by atoms with van der Waals surface area (Å²) in [6, 6.07) is 8.39. The predicted molar refractivity (Wildman–Crippen MR) is 78.0 cm³/mol. The molecule has 0 bridgehead atoms. The zero-order valence-electron chi connectivity index (χ0n) is 11.7. The quantitative estimate of drug-likeness (QED) is 0.798. The third-order valence-corrected chi connectivity index (χ3v) is 4.13. The first-order valence-corrected chi connectivity index (χ1v) is 7.24. The maximum Gasteiger partial charge on any atom is 0.230 e. The van der Waals surface area contributed by atoms with Crippen molar-refractivity contribution >= 4 is 5.91 Å². The minimum Gasteiger partial charge on any atom is -0.355 e. The molecule has 0 heterocycles. The molecule has 19 heavy (non-hydrogen) atoms. The number of benzene rings is 1. The van der Waals surface area contributed by atoms with E-state index in [-0.39, 0.29) is 11.3 Å². The smallest absolute Gasteiger partial charge is 0.230 e. The molecular formula is C16H24N2O. The number of carbonyl (C=O) groups excluding carboxylic acids is 1. The van der Waals surface area contributed by atoms with Gasteiger partial charge in [-0.15, -0.1) is 0 Å². The lowest BCUT2D eigenvalue weighted by Gasteiger charge is -2.28. The highest BCUT2D eigenvalue weighted by Gasteiger charge is 2.42. The van der Waals surface area contributed by atoms with Crippen molar-refractivity contribution in [3.63, 3.8) is 0 Å². The lowest BCUT2D eigenvalue weighted by atomic mass is 9.77. The molecule has 0 saturated heterocycles. The first kappa shape index (κ1) is 14.1. The third-order valence-electron chi connectivity index (χ3n) is 4.13. The summed E-state index contributed by atoms with van der Waals surface area (Å²) in [5.41, 5.74) is 7.57. The Morgan fingerprint density at radius 3 is 2.74 bits per heavy atom. The van der Waals surface area contributed by atoms with Crippen molar-refractivity contribution in [3.8, 4) is 0 Å². The summed E-state index contributed by atoms with van der Waals surface area (Å²) in [6.45, 7) is 3.39. The highest BCUT2D eigenvalue weighted by atomic mass is 16.2. The van der Waals surface area contributed by atoms with E-state index in [4.69, 9.17) is 5.73 Å². The normalized spacial score (nSPS) is 17.4. The summed E-state index contributed by atoms with van der Waals surface area (Å²) in [5, 5.41) is 3.07. The van der Waals surface area contributed by atoms with Crippen LogP contribution in [0.2, 0.25) is 0 Å². The van der Waals surface area contributed by atoms with Crippen LogP contribution in [0.1, 0.15) is 43.2 Å². The Morgan fingerprint density at radius 2 is 2.11 bits per heavy atom. The van der Waals surface area contributed by atoms with Crippen LogP contribution in [0.15, 0.2) is 24.3 Å². The second kappa shape index (κ2) is 6.20. The summed E-state index contributed by atoms with van der Waals surface area (Å²) in [7, 11) is 0. The van der Waals surface area contributed by atoms with Gasteiger partial charge >= 0.3 is 0 Å². The van der Waals surface area contributed by atoms with Crippen LogP contribution >= 0.6 is 0 Å². The Morgan fingerprint density at radius 1 is 1.37 bits per heavy atom. The van der Waals surface area contributed by atoms with Crippen molar-refractivity contribution in [2.45, 2.75) is 44.4 Å². The zero-order valence-corrected chi connectivity index (χ0v) is 11.7. The second-order valence-electron chi connectivity index (χ2n) is 5.56. The van der Waals surface area contributed by atoms with Gasteiger partial charge in [0.05, 0.1) is 5.41 Å². The van der Waals surface area contributed by atoms with Gasteiger partial charge in [-0.3, -0.25) is 4.79 Å². The van der Waals surface area contributed by atoms with Crippen molar-refractivity contribution in [1.29, 1.82) is 0 Å². The molecule has 1 fully saturated rings. The molecule has 2 rings (SSSR count). The predicted octanol–water partition coefficient (Wildman–Crippen LogP) is 2.27. The van der Waals surface area contributed by atoms with Crippen LogP contribution in [-0.4, -0.2) is 19.0 Å². The zero-order chi connectivity index (χ0) is 13.7. The van der Waals surface area contributed by atoms with E-state index in [1.54, 1.807) is 0 Å². The lowest BCUT2D eigenvalue weighted by Crippen LogP contribution is -2.43. The van der Waals surface area contributed by atoms with Gasteiger partial charge in [-0.1, -0.05) is 42.7 Å². The minimum absolute atomic E-state index is 0.184. The number of carbonyl (C=O) groups is 1. The molecule has 0 atom stereocenters. The van der Waals surface area contributed by atoms with E-state index in [2.05, 4.69) is 36.5 Å². The van der Waals surface area contributed by atoms with Gasteiger partial charge < -0.3 is 11.1 Å². The fraction of sp³-hybridized carbons (Fsp3) is 0.562. The molecule has 1 aliphatic carbocycles. The molecule has 1 aromatic carbocycles. The van der Waals surface area contributed by atoms with E-state index in [1.807, 2.05) is 0 Å². The van der Waals surface area contributed by atoms with Crippen LogP contribution in [0.5, 0.6) is 0 Å². The van der Waals surface area contributed by atoms with Crippen LogP contribution in [-0.2, 0) is 10.2 Å². The van der Waals surface area contributed by atoms with Crippen molar-refractivity contribution in [2.24, 2.45) is 5.73 Å². The fourth-order valence-electron chi connectivity index (χ4n) is 3.04. The van der Waals surface area contributed by atoms with Crippen LogP contribution in [0.4, 0.5) is 0 Å². The molecule has 1 aliphatic rings. The Hall–Kier alpha value is -1.35. The summed E-state index contributed by atoms with van der Waals surface area (Å²) < 4.78 is 0. The molecule has 0 aromatic heterocycles. The Kier molecular flexibility index (Phi) is 4.59. The van der Waals surface area contributed by atoms with Crippen LogP contribution < -0.4 is 11.1 Å². The summed E-state index contributed by atoms with van der Waals surface area (Å²) in [6.07, 6.45) is 5.04. The maximum atomic E-state index is 12.6. The Labute approximate surface area is 115 Å². The first-order chi connectivity index (χ1) is 9.19. The molecule has 0 aliphatic heterocycles. The van der Waals surface area contributed by atoms with Crippen molar-refractivity contribution in [2.75, 3.05) is 13.1 Å². The van der Waals surface area contributed by atoms with Gasteiger partial charge in [-0.25, -0.2) is 0 Å². The summed E-state index contributed by atoms with van der Waals surface area (Å²) in [5.74, 6) is 0.184. The topological polar surface area (TPSA) is 55.1 Å². The van der Waals surface area contributed by atoms with E-state index < -0.39 is 0 Å². The summed E-state index contributed by atoms with van der Waals surface area (Å²) in [4.78, 5) is 12.6. The number of hydrogen-bond acceptors (Lipinski definition) is 2. The number of aryl methyl sites for hydroxylation is 1. The number of hydrogen-bond donors (Lipinski definition) is 2. The second-order valence-corrected chi connectivity index (χ2v) is 5.56. The van der Waals surface area contributed by atoms with Gasteiger partial charge in [0, 0.05) is 6.54 Å². The Bertz CT molecular complexity index is 436. The first-order valence-electron chi connectivity index (χ1n) is 7.24. The van der Waals surface area contributed by atoms with Gasteiger partial charge in [0.15, 0.2) is 0 Å². The minimum atomic E-state index is -0.305. The van der Waals surface area contributed by atoms with Gasteiger partial charge in [0.1, 0.15) is 0 Å². The van der Waals surface area contributed by atoms with E-state index in [1.165, 1.54) is 11.1 Å². The van der Waals surface area contributed by atoms with E-state index >= 15 is 0 Å². The molecule has 1 saturated carbocycles. The molecule has 3 heteroatoms. The Balaban J connectivity index is 2.20. The number of rotatable bonds is 5. The largest absolute Gasteiger partial charge is 0.355 e. The van der Waals surface area contributed by atoms with Crippen molar-refractivity contribution < 1.29 is 4.79 Å². The molecule has 3 N–H and O–H groups in total. The average molecular weight is 260 g/mol. The molecule has 104 valence electrons. The third kappa shape index (κ3) is 2.98. The number of nitrogens with two attached hydrogens (primary N) is 1. The van der Waals surface area contributed by atoms with Crippen LogP contribution in [0, 0.1) is 6.92 Å². The fourth-order valence-corrected chi connectivity index (χ4v) is 3.04. The van der Waals surface area contributed by atoms with Gasteiger partial charge in [-0.2, -0.15) is 0 Å². The SMILES string of the molecule is Cc1cccc(C2(C(=O)NCCCN)CCCC2)c1. The number of amides is 1. The van der Waals surface area contributed by atoms with Crippen molar-refractivity contribution in [3.05, 3.63) is 35.4 Å². The van der Waals surface area contributed by atoms with Gasteiger partial charge in [-0.05, 0) is 38.3 Å². The monoisotopic (exact) mass is 260 g/mol. The molecule has 3 nitrogen and oxygen atoms in total. The number of nitrogens with one attached hydrogen (secondary N) is 1. The van der Waals surface area contributed by atoms with Crippen LogP contribution in [0.3, 0.4) is 0 Å². The summed E-state index contributed by atoms with van der Waals surface area (Å²) >= 11 is 0. The molecule has 0 radical (unpaired) electrons. The lowest BCUT2D eigenvalue weighted by molar-refractivity contribution is -0.126. The van der Waals surface area contributed by atoms with Gasteiger partial charge in [0.25, 0.3) is 0 Å². The molecule has 0 unspecified atom stereocenters. The van der Waals surface area contributed by atoms with E-state index in [9.17, 15) is 4.79 Å². The molecular weight excluding hydrogens is 236 g/mol. The molecule has 1 amide bonds. The van der Waals surface area contributed by atoms with Gasteiger partial charge in [0.2, 0.25) is 5.91 Å². The van der Waals surface area contributed by atoms with Crippen LogP contribution in [0.25, 0.3) is 0 Å².